The summed E-state index contributed by atoms with van der Waals surface area (Å²) in [5.41, 5.74) is 1.47. The Balaban J connectivity index is 1.51. The van der Waals surface area contributed by atoms with Gasteiger partial charge in [0.1, 0.15) is 5.82 Å². The van der Waals surface area contributed by atoms with E-state index in [0.29, 0.717) is 25.1 Å². The van der Waals surface area contributed by atoms with E-state index in [0.717, 1.165) is 29.7 Å². The Morgan fingerprint density at radius 2 is 1.79 bits per heavy atom. The van der Waals surface area contributed by atoms with E-state index in [2.05, 4.69) is 20.8 Å². The molecule has 3 rings (SSSR count). The largest absolute Gasteiger partial charge is 0.336 e. The highest BCUT2D eigenvalue weighted by molar-refractivity contribution is 9.10. The lowest BCUT2D eigenvalue weighted by molar-refractivity contribution is 0.0638. The molecule has 3 nitrogen and oxygen atoms in total. The van der Waals surface area contributed by atoms with Crippen molar-refractivity contribution < 1.29 is 9.18 Å². The Labute approximate surface area is 150 Å². The topological polar surface area (TPSA) is 23.6 Å². The van der Waals surface area contributed by atoms with Crippen molar-refractivity contribution in [3.05, 3.63) is 69.9 Å². The van der Waals surface area contributed by atoms with Gasteiger partial charge in [0.15, 0.2) is 0 Å². The van der Waals surface area contributed by atoms with Gasteiger partial charge in [0, 0.05) is 42.8 Å². The predicted molar refractivity (Wildman–Crippen MR) is 96.6 cm³/mol. The smallest absolute Gasteiger partial charge is 0.253 e. The van der Waals surface area contributed by atoms with Gasteiger partial charge in [-0.15, -0.1) is 0 Å². The first kappa shape index (κ1) is 17.1. The average molecular weight is 391 g/mol. The average Bonchev–Trinajstić information content (AvgIpc) is 2.61. The summed E-state index contributed by atoms with van der Waals surface area (Å²) in [4.78, 5) is 16.7. The highest BCUT2D eigenvalue weighted by atomic mass is 79.9. The molecule has 0 spiro atoms. The SMILES string of the molecule is O=C(c1cccc(Br)c1)N1CCN(CCc2ccccc2F)CC1. The third-order valence-electron chi connectivity index (χ3n) is 4.39. The molecule has 1 heterocycles. The second-order valence-corrected chi connectivity index (χ2v) is 6.90. The van der Waals surface area contributed by atoms with Gasteiger partial charge < -0.3 is 4.90 Å². The van der Waals surface area contributed by atoms with Crippen LogP contribution in [0.2, 0.25) is 0 Å². The van der Waals surface area contributed by atoms with E-state index in [-0.39, 0.29) is 11.7 Å². The molecule has 0 aromatic heterocycles. The van der Waals surface area contributed by atoms with Crippen LogP contribution in [-0.4, -0.2) is 48.4 Å². The van der Waals surface area contributed by atoms with E-state index in [4.69, 9.17) is 0 Å². The zero-order valence-corrected chi connectivity index (χ0v) is 15.0. The fraction of sp³-hybridized carbons (Fsp3) is 0.316. The summed E-state index contributed by atoms with van der Waals surface area (Å²) in [5, 5.41) is 0. The van der Waals surface area contributed by atoms with Crippen LogP contribution in [0.4, 0.5) is 4.39 Å². The van der Waals surface area contributed by atoms with Crippen molar-refractivity contribution in [2.45, 2.75) is 6.42 Å². The van der Waals surface area contributed by atoms with E-state index in [1.165, 1.54) is 6.07 Å². The van der Waals surface area contributed by atoms with Crippen LogP contribution in [0.3, 0.4) is 0 Å². The first-order valence-electron chi connectivity index (χ1n) is 8.14. The summed E-state index contributed by atoms with van der Waals surface area (Å²) in [6.45, 7) is 3.90. The van der Waals surface area contributed by atoms with E-state index in [1.54, 1.807) is 6.07 Å². The zero-order chi connectivity index (χ0) is 16.9. The number of hydrogen-bond acceptors (Lipinski definition) is 2. The van der Waals surface area contributed by atoms with Crippen LogP contribution >= 0.6 is 15.9 Å². The first-order chi connectivity index (χ1) is 11.6. The van der Waals surface area contributed by atoms with Crippen molar-refractivity contribution in [2.24, 2.45) is 0 Å². The fourth-order valence-electron chi connectivity index (χ4n) is 2.96. The Hall–Kier alpha value is -1.72. The number of nitrogens with zero attached hydrogens (tertiary/aromatic N) is 2. The quantitative estimate of drug-likeness (QED) is 0.796. The second kappa shape index (κ2) is 7.90. The molecule has 0 atom stereocenters. The lowest BCUT2D eigenvalue weighted by Crippen LogP contribution is -2.49. The van der Waals surface area contributed by atoms with Crippen molar-refractivity contribution >= 4 is 21.8 Å². The summed E-state index contributed by atoms with van der Waals surface area (Å²) in [7, 11) is 0. The summed E-state index contributed by atoms with van der Waals surface area (Å²) in [6.07, 6.45) is 0.701. The van der Waals surface area contributed by atoms with Gasteiger partial charge in [-0.1, -0.05) is 40.2 Å². The predicted octanol–water partition coefficient (Wildman–Crippen LogP) is 3.59. The first-order valence-corrected chi connectivity index (χ1v) is 8.93. The van der Waals surface area contributed by atoms with Crippen molar-refractivity contribution in [1.82, 2.24) is 9.80 Å². The van der Waals surface area contributed by atoms with Crippen molar-refractivity contribution in [3.63, 3.8) is 0 Å². The summed E-state index contributed by atoms with van der Waals surface area (Å²) >= 11 is 3.40. The number of benzene rings is 2. The van der Waals surface area contributed by atoms with Crippen LogP contribution < -0.4 is 0 Å². The second-order valence-electron chi connectivity index (χ2n) is 5.99. The normalized spacial score (nSPS) is 15.5. The maximum absolute atomic E-state index is 13.7. The lowest BCUT2D eigenvalue weighted by Gasteiger charge is -2.34. The molecule has 0 aliphatic carbocycles. The van der Waals surface area contributed by atoms with E-state index in [1.807, 2.05) is 41.3 Å². The summed E-state index contributed by atoms with van der Waals surface area (Å²) in [6, 6.07) is 14.4. The highest BCUT2D eigenvalue weighted by Gasteiger charge is 2.22. The monoisotopic (exact) mass is 390 g/mol. The molecular formula is C19H20BrFN2O. The molecule has 24 heavy (non-hydrogen) atoms. The molecule has 1 fully saturated rings. The molecule has 1 aliphatic heterocycles. The molecule has 1 aliphatic rings. The molecule has 0 radical (unpaired) electrons. The third-order valence-corrected chi connectivity index (χ3v) is 4.88. The molecular weight excluding hydrogens is 371 g/mol. The molecule has 126 valence electrons. The van der Waals surface area contributed by atoms with Gasteiger partial charge in [-0.3, -0.25) is 9.69 Å². The molecule has 1 saturated heterocycles. The molecule has 0 bridgehead atoms. The van der Waals surface area contributed by atoms with Gasteiger partial charge in [0.25, 0.3) is 5.91 Å². The van der Waals surface area contributed by atoms with Crippen LogP contribution in [0.5, 0.6) is 0 Å². The number of piperazine rings is 1. The van der Waals surface area contributed by atoms with E-state index >= 15 is 0 Å². The van der Waals surface area contributed by atoms with Gasteiger partial charge in [-0.2, -0.15) is 0 Å². The standard InChI is InChI=1S/C19H20BrFN2O/c20-17-6-3-5-16(14-17)19(24)23-12-10-22(11-13-23)9-8-15-4-1-2-7-18(15)21/h1-7,14H,8-13H2. The van der Waals surface area contributed by atoms with Gasteiger partial charge in [-0.25, -0.2) is 4.39 Å². The maximum atomic E-state index is 13.7. The van der Waals surface area contributed by atoms with E-state index in [9.17, 15) is 9.18 Å². The van der Waals surface area contributed by atoms with Crippen LogP contribution in [0.15, 0.2) is 53.0 Å². The van der Waals surface area contributed by atoms with Gasteiger partial charge in [0.05, 0.1) is 0 Å². The molecule has 1 amide bonds. The number of hydrogen-bond donors (Lipinski definition) is 0. The van der Waals surface area contributed by atoms with Crippen LogP contribution in [-0.2, 0) is 6.42 Å². The number of carbonyl (C=O) groups excluding carboxylic acids is 1. The molecule has 0 unspecified atom stereocenters. The third kappa shape index (κ3) is 4.22. The van der Waals surface area contributed by atoms with Crippen molar-refractivity contribution in [3.8, 4) is 0 Å². The summed E-state index contributed by atoms with van der Waals surface area (Å²) < 4.78 is 14.6. The fourth-order valence-corrected chi connectivity index (χ4v) is 3.36. The minimum atomic E-state index is -0.138. The number of rotatable bonds is 4. The van der Waals surface area contributed by atoms with Gasteiger partial charge >= 0.3 is 0 Å². The number of halogens is 2. The highest BCUT2D eigenvalue weighted by Crippen LogP contribution is 2.15. The number of amides is 1. The van der Waals surface area contributed by atoms with Crippen molar-refractivity contribution in [1.29, 1.82) is 0 Å². The molecule has 2 aromatic rings. The number of carbonyl (C=O) groups is 1. The van der Waals surface area contributed by atoms with Crippen LogP contribution in [0, 0.1) is 5.82 Å². The van der Waals surface area contributed by atoms with Crippen molar-refractivity contribution in [2.75, 3.05) is 32.7 Å². The lowest BCUT2D eigenvalue weighted by atomic mass is 10.1. The molecule has 2 aromatic carbocycles. The summed E-state index contributed by atoms with van der Waals surface area (Å²) in [5.74, 6) is -0.0639. The maximum Gasteiger partial charge on any atom is 0.253 e. The Morgan fingerprint density at radius 3 is 2.50 bits per heavy atom. The zero-order valence-electron chi connectivity index (χ0n) is 13.4. The van der Waals surface area contributed by atoms with E-state index < -0.39 is 0 Å². The molecule has 0 N–H and O–H groups in total. The Morgan fingerprint density at radius 1 is 1.04 bits per heavy atom. The van der Waals surface area contributed by atoms with Crippen LogP contribution in [0.25, 0.3) is 0 Å². The Kier molecular flexibility index (Phi) is 5.63. The minimum Gasteiger partial charge on any atom is -0.336 e. The van der Waals surface area contributed by atoms with Crippen LogP contribution in [0.1, 0.15) is 15.9 Å². The Bertz CT molecular complexity index is 714. The molecule has 0 saturated carbocycles. The minimum absolute atomic E-state index is 0.0741. The van der Waals surface area contributed by atoms with Gasteiger partial charge in [0.2, 0.25) is 0 Å². The van der Waals surface area contributed by atoms with Gasteiger partial charge in [-0.05, 0) is 36.2 Å². The molecule has 5 heteroatoms.